The maximum absolute atomic E-state index is 12.5. The van der Waals surface area contributed by atoms with E-state index in [9.17, 15) is 4.39 Å². The van der Waals surface area contributed by atoms with Gasteiger partial charge in [-0.1, -0.05) is 26.0 Å². The normalized spacial score (nSPS) is 18.9. The van der Waals surface area contributed by atoms with Crippen LogP contribution in [0.1, 0.15) is 48.2 Å². The quantitative estimate of drug-likeness (QED) is 0.813. The van der Waals surface area contributed by atoms with Crippen molar-refractivity contribution >= 4 is 0 Å². The highest BCUT2D eigenvalue weighted by Gasteiger charge is 2.26. The molecular weight excluding hydrogens is 241 g/mol. The molecule has 0 bridgehead atoms. The second kappa shape index (κ2) is 5.00. The van der Waals surface area contributed by atoms with E-state index in [1.54, 1.807) is 0 Å². The fourth-order valence-electron chi connectivity index (χ4n) is 2.90. The molecule has 0 fully saturated rings. The molecule has 0 radical (unpaired) electrons. The summed E-state index contributed by atoms with van der Waals surface area (Å²) in [7, 11) is 0. The Labute approximate surface area is 113 Å². The molecule has 0 atom stereocenters. The summed E-state index contributed by atoms with van der Waals surface area (Å²) in [5, 5.41) is 8.15. The van der Waals surface area contributed by atoms with Gasteiger partial charge < -0.3 is 0 Å². The van der Waals surface area contributed by atoms with Crippen LogP contribution in [0.15, 0.2) is 22.4 Å². The van der Waals surface area contributed by atoms with Crippen LogP contribution in [0.3, 0.4) is 0 Å². The molecule has 19 heavy (non-hydrogen) atoms. The third kappa shape index (κ3) is 2.54. The molecule has 0 N–H and O–H groups in total. The highest BCUT2D eigenvalue weighted by molar-refractivity contribution is 5.43. The van der Waals surface area contributed by atoms with E-state index in [0.29, 0.717) is 12.5 Å². The van der Waals surface area contributed by atoms with E-state index < -0.39 is 0 Å². The second-order valence-corrected chi connectivity index (χ2v) is 5.72. The maximum atomic E-state index is 12.5. The predicted molar refractivity (Wildman–Crippen MR) is 73.1 cm³/mol. The molecule has 0 saturated heterocycles. The molecule has 3 rings (SSSR count). The van der Waals surface area contributed by atoms with E-state index >= 15 is 0 Å². The Morgan fingerprint density at radius 2 is 2.11 bits per heavy atom. The van der Waals surface area contributed by atoms with Crippen molar-refractivity contribution in [3.63, 3.8) is 0 Å². The van der Waals surface area contributed by atoms with Crippen LogP contribution in [0, 0.1) is 0 Å². The molecule has 1 aromatic carbocycles. The van der Waals surface area contributed by atoms with Crippen LogP contribution in [-0.2, 0) is 13.0 Å². The highest BCUT2D eigenvalue weighted by atomic mass is 19.1. The smallest absolute Gasteiger partial charge is 0.206 e. The molecule has 0 spiro atoms. The van der Waals surface area contributed by atoms with Crippen LogP contribution in [0.4, 0.5) is 4.39 Å². The molecule has 0 amide bonds. The molecule has 1 aromatic rings. The minimum absolute atomic E-state index is 0.0755. The van der Waals surface area contributed by atoms with Crippen molar-refractivity contribution in [3.05, 3.63) is 34.4 Å². The van der Waals surface area contributed by atoms with Crippen molar-refractivity contribution in [1.82, 2.24) is 4.90 Å². The molecule has 102 valence electrons. The first kappa shape index (κ1) is 12.7. The van der Waals surface area contributed by atoms with E-state index in [1.807, 2.05) is 0 Å². The van der Waals surface area contributed by atoms with E-state index in [0.717, 1.165) is 19.5 Å². The standard InChI is InChI=1S/C15H20FN3/c1-10(2)13-8-12-9-19(6-4-16)5-3-11(12)7-14(13)15-17-18-15/h7-8,10,15H,3-6,9H2,1-2H3. The van der Waals surface area contributed by atoms with Crippen LogP contribution < -0.4 is 0 Å². The van der Waals surface area contributed by atoms with Crippen molar-refractivity contribution in [1.29, 1.82) is 0 Å². The van der Waals surface area contributed by atoms with Gasteiger partial charge in [0.15, 0.2) is 0 Å². The van der Waals surface area contributed by atoms with Crippen LogP contribution in [0.5, 0.6) is 0 Å². The van der Waals surface area contributed by atoms with E-state index in [4.69, 9.17) is 0 Å². The number of alkyl halides is 1. The number of benzene rings is 1. The Kier molecular flexibility index (Phi) is 3.35. The SMILES string of the molecule is CC(C)c1cc2c(cc1C1N=N1)CCN(CCF)C2. The lowest BCUT2D eigenvalue weighted by molar-refractivity contribution is 0.231. The van der Waals surface area contributed by atoms with Gasteiger partial charge in [0, 0.05) is 25.2 Å². The molecule has 2 aliphatic heterocycles. The van der Waals surface area contributed by atoms with Crippen molar-refractivity contribution in [3.8, 4) is 0 Å². The summed E-state index contributed by atoms with van der Waals surface area (Å²) in [5.74, 6) is 0.475. The zero-order valence-corrected chi connectivity index (χ0v) is 11.6. The fraction of sp³-hybridized carbons (Fsp3) is 0.600. The van der Waals surface area contributed by atoms with Gasteiger partial charge in [-0.05, 0) is 29.0 Å². The minimum Gasteiger partial charge on any atom is -0.296 e. The number of fused-ring (bicyclic) bond motifs is 1. The molecule has 4 heteroatoms. The molecule has 3 nitrogen and oxygen atoms in total. The first-order valence-corrected chi connectivity index (χ1v) is 7.03. The average molecular weight is 261 g/mol. The zero-order chi connectivity index (χ0) is 13.4. The third-order valence-electron chi connectivity index (χ3n) is 4.03. The molecule has 2 heterocycles. The number of halogens is 1. The van der Waals surface area contributed by atoms with Gasteiger partial charge in [0.1, 0.15) is 6.67 Å². The Morgan fingerprint density at radius 1 is 1.32 bits per heavy atom. The van der Waals surface area contributed by atoms with Gasteiger partial charge in [-0.25, -0.2) is 4.39 Å². The summed E-state index contributed by atoms with van der Waals surface area (Å²) < 4.78 is 12.5. The average Bonchev–Trinajstić information content (AvgIpc) is 3.21. The minimum atomic E-state index is -0.260. The Hall–Kier alpha value is -1.29. The molecule has 0 saturated carbocycles. The summed E-state index contributed by atoms with van der Waals surface area (Å²) in [4.78, 5) is 2.19. The fourth-order valence-corrected chi connectivity index (χ4v) is 2.90. The van der Waals surface area contributed by atoms with Crippen molar-refractivity contribution in [2.75, 3.05) is 19.8 Å². The second-order valence-electron chi connectivity index (χ2n) is 5.72. The molecule has 0 aromatic heterocycles. The van der Waals surface area contributed by atoms with Crippen molar-refractivity contribution < 1.29 is 4.39 Å². The van der Waals surface area contributed by atoms with Crippen molar-refractivity contribution in [2.24, 2.45) is 10.2 Å². The summed E-state index contributed by atoms with van der Waals surface area (Å²) >= 11 is 0. The highest BCUT2D eigenvalue weighted by Crippen LogP contribution is 2.38. The molecule has 0 aliphatic carbocycles. The molecule has 2 aliphatic rings. The topological polar surface area (TPSA) is 28.0 Å². The van der Waals surface area contributed by atoms with E-state index in [1.165, 1.54) is 22.3 Å². The maximum Gasteiger partial charge on any atom is 0.206 e. The van der Waals surface area contributed by atoms with Crippen LogP contribution in [-0.4, -0.2) is 24.7 Å². The lowest BCUT2D eigenvalue weighted by atomic mass is 9.88. The Bertz CT molecular complexity index is 504. The van der Waals surface area contributed by atoms with E-state index in [-0.39, 0.29) is 12.8 Å². The largest absolute Gasteiger partial charge is 0.296 e. The first-order valence-electron chi connectivity index (χ1n) is 7.03. The van der Waals surface area contributed by atoms with Gasteiger partial charge in [0.25, 0.3) is 0 Å². The summed E-state index contributed by atoms with van der Waals surface area (Å²) in [5.41, 5.74) is 5.36. The molecule has 0 unspecified atom stereocenters. The first-order chi connectivity index (χ1) is 9.19. The lowest BCUT2D eigenvalue weighted by Gasteiger charge is -2.29. The number of hydrogen-bond acceptors (Lipinski definition) is 3. The lowest BCUT2D eigenvalue weighted by Crippen LogP contribution is -2.32. The summed E-state index contributed by atoms with van der Waals surface area (Å²) in [6.45, 7) is 6.52. The van der Waals surface area contributed by atoms with Gasteiger partial charge in [-0.2, -0.15) is 10.2 Å². The van der Waals surface area contributed by atoms with Gasteiger partial charge >= 0.3 is 0 Å². The molecular formula is C15H20FN3. The van der Waals surface area contributed by atoms with Crippen LogP contribution in [0.25, 0.3) is 0 Å². The van der Waals surface area contributed by atoms with Gasteiger partial charge in [0.05, 0.1) is 0 Å². The summed E-state index contributed by atoms with van der Waals surface area (Å²) in [6, 6.07) is 4.57. The van der Waals surface area contributed by atoms with Crippen LogP contribution in [0.2, 0.25) is 0 Å². The van der Waals surface area contributed by atoms with Crippen LogP contribution >= 0.6 is 0 Å². The number of rotatable bonds is 4. The van der Waals surface area contributed by atoms with E-state index in [2.05, 4.69) is 41.1 Å². The zero-order valence-electron chi connectivity index (χ0n) is 11.6. The Balaban J connectivity index is 1.92. The monoisotopic (exact) mass is 261 g/mol. The summed E-state index contributed by atoms with van der Waals surface area (Å²) in [6.07, 6.45) is 1.08. The predicted octanol–water partition coefficient (Wildman–Crippen LogP) is 3.60. The van der Waals surface area contributed by atoms with Gasteiger partial charge in [-0.3, -0.25) is 4.90 Å². The van der Waals surface area contributed by atoms with Gasteiger partial charge in [0.2, 0.25) is 6.17 Å². The van der Waals surface area contributed by atoms with Gasteiger partial charge in [-0.15, -0.1) is 0 Å². The van der Waals surface area contributed by atoms with Crippen molar-refractivity contribution in [2.45, 2.75) is 38.9 Å². The number of nitrogens with zero attached hydrogens (tertiary/aromatic N) is 3. The number of hydrogen-bond donors (Lipinski definition) is 0. The Morgan fingerprint density at radius 3 is 2.74 bits per heavy atom. The third-order valence-corrected chi connectivity index (χ3v) is 4.03.